The van der Waals surface area contributed by atoms with Crippen LogP contribution in [0.2, 0.25) is 0 Å². The predicted octanol–water partition coefficient (Wildman–Crippen LogP) is 0.485. The summed E-state index contributed by atoms with van der Waals surface area (Å²) in [5.41, 5.74) is 1.04. The van der Waals surface area contributed by atoms with Crippen LogP contribution in [0.5, 0.6) is 5.75 Å². The lowest BCUT2D eigenvalue weighted by atomic mass is 9.96. The molecule has 0 saturated carbocycles. The number of hydrogen-bond acceptors (Lipinski definition) is 5. The monoisotopic (exact) mass is 423 g/mol. The maximum absolute atomic E-state index is 13.3. The number of likely N-dealkylation sites (N-methyl/N-ethyl adjacent to an activating group) is 1. The van der Waals surface area contributed by atoms with E-state index < -0.39 is 23.5 Å². The van der Waals surface area contributed by atoms with Crippen molar-refractivity contribution >= 4 is 17.4 Å². The number of ketones is 1. The molecule has 31 heavy (non-hydrogen) atoms. The number of hydrogen-bond donors (Lipinski definition) is 1. The van der Waals surface area contributed by atoms with Gasteiger partial charge in [-0.1, -0.05) is 31.7 Å². The maximum Gasteiger partial charge on any atom is 0.295 e. The summed E-state index contributed by atoms with van der Waals surface area (Å²) in [4.78, 5) is 32.4. The second-order valence-corrected chi connectivity index (χ2v) is 8.44. The first-order valence-electron chi connectivity index (χ1n) is 10.5. The van der Waals surface area contributed by atoms with Gasteiger partial charge in [0.1, 0.15) is 5.75 Å². The van der Waals surface area contributed by atoms with Crippen molar-refractivity contribution in [2.45, 2.75) is 19.9 Å². The van der Waals surface area contributed by atoms with E-state index in [-0.39, 0.29) is 5.57 Å². The molecule has 1 aromatic carbocycles. The van der Waals surface area contributed by atoms with Gasteiger partial charge < -0.3 is 19.6 Å². The summed E-state index contributed by atoms with van der Waals surface area (Å²) in [5.74, 6) is -0.764. The predicted molar refractivity (Wildman–Crippen MR) is 115 cm³/mol. The second kappa shape index (κ2) is 9.75. The molecule has 7 nitrogen and oxygen atoms in total. The summed E-state index contributed by atoms with van der Waals surface area (Å²) in [6, 6.07) is 9.46. The molecule has 1 unspecified atom stereocenters. The molecule has 1 N–H and O–H groups in total. The van der Waals surface area contributed by atoms with Crippen LogP contribution >= 0.6 is 0 Å². The summed E-state index contributed by atoms with van der Waals surface area (Å²) >= 11 is 0. The van der Waals surface area contributed by atoms with E-state index in [0.29, 0.717) is 42.5 Å². The Hall–Kier alpha value is -3.19. The quantitative estimate of drug-likeness (QED) is 0.379. The van der Waals surface area contributed by atoms with Gasteiger partial charge in [0, 0.05) is 18.0 Å². The Morgan fingerprint density at radius 2 is 1.77 bits per heavy atom. The van der Waals surface area contributed by atoms with Gasteiger partial charge in [0.15, 0.2) is 0 Å². The average molecular weight is 424 g/mol. The highest BCUT2D eigenvalue weighted by Gasteiger charge is 2.44. The molecule has 7 heteroatoms. The first-order chi connectivity index (χ1) is 14.8. The van der Waals surface area contributed by atoms with Crippen molar-refractivity contribution in [3.8, 4) is 5.75 Å². The Morgan fingerprint density at radius 3 is 2.35 bits per heavy atom. The van der Waals surface area contributed by atoms with Gasteiger partial charge in [0.2, 0.25) is 5.78 Å². The minimum absolute atomic E-state index is 0.0131. The molecule has 2 aromatic rings. The fourth-order valence-corrected chi connectivity index (χ4v) is 3.46. The molecule has 1 aliphatic heterocycles. The summed E-state index contributed by atoms with van der Waals surface area (Å²) in [6.45, 7) is 5.72. The van der Waals surface area contributed by atoms with Crippen molar-refractivity contribution in [1.82, 2.24) is 9.88 Å². The molecule has 0 bridgehead atoms. The molecule has 0 aliphatic carbocycles. The Balaban J connectivity index is 2.00. The van der Waals surface area contributed by atoms with Gasteiger partial charge in [0.05, 0.1) is 39.8 Å². The van der Waals surface area contributed by atoms with E-state index in [9.17, 15) is 14.7 Å². The lowest BCUT2D eigenvalue weighted by Crippen LogP contribution is -3.06. The first kappa shape index (κ1) is 22.5. The van der Waals surface area contributed by atoms with Crippen LogP contribution in [0.4, 0.5) is 0 Å². The highest BCUT2D eigenvalue weighted by molar-refractivity contribution is 6.46. The van der Waals surface area contributed by atoms with E-state index in [1.54, 1.807) is 48.8 Å². The second-order valence-electron chi connectivity index (χ2n) is 8.44. The maximum atomic E-state index is 13.3. The van der Waals surface area contributed by atoms with E-state index in [0.717, 1.165) is 4.90 Å². The summed E-state index contributed by atoms with van der Waals surface area (Å²) in [7, 11) is 3.95. The highest BCUT2D eigenvalue weighted by Crippen LogP contribution is 2.38. The number of ether oxygens (including phenoxy) is 1. The summed E-state index contributed by atoms with van der Waals surface area (Å²) in [6.07, 6.45) is 3.20. The number of nitrogens with one attached hydrogen (secondary N) is 1. The van der Waals surface area contributed by atoms with E-state index in [4.69, 9.17) is 4.74 Å². The third-order valence-corrected chi connectivity index (χ3v) is 5.10. The van der Waals surface area contributed by atoms with E-state index in [1.165, 1.54) is 4.90 Å². The summed E-state index contributed by atoms with van der Waals surface area (Å²) < 4.78 is 5.67. The molecular formula is C24H29N3O4. The third kappa shape index (κ3) is 5.11. The van der Waals surface area contributed by atoms with Gasteiger partial charge in [-0.25, -0.2) is 0 Å². The normalized spacial score (nSPS) is 18.3. The Labute approximate surface area is 183 Å². The number of amides is 1. The van der Waals surface area contributed by atoms with E-state index >= 15 is 0 Å². The van der Waals surface area contributed by atoms with Crippen LogP contribution in [0, 0.1) is 5.92 Å². The van der Waals surface area contributed by atoms with Gasteiger partial charge in [0.25, 0.3) is 5.91 Å². The number of rotatable bonds is 8. The number of pyridine rings is 1. The zero-order valence-corrected chi connectivity index (χ0v) is 18.4. The fourth-order valence-electron chi connectivity index (χ4n) is 3.46. The molecule has 1 aliphatic rings. The Morgan fingerprint density at radius 1 is 1.13 bits per heavy atom. The van der Waals surface area contributed by atoms with Crippen LogP contribution in [0.25, 0.3) is 5.76 Å². The van der Waals surface area contributed by atoms with Gasteiger partial charge >= 0.3 is 0 Å². The zero-order chi connectivity index (χ0) is 22.5. The molecule has 3 rings (SSSR count). The molecule has 1 saturated heterocycles. The van der Waals surface area contributed by atoms with Crippen LogP contribution < -0.4 is 14.7 Å². The SMILES string of the molecule is CC(C)COc1ccc(C([O-])=C2C(=O)C(=O)N(CC[NH+](C)C)C2c2ccncc2)cc1. The van der Waals surface area contributed by atoms with Crippen LogP contribution in [0.3, 0.4) is 0 Å². The topological polar surface area (TPSA) is 87.0 Å². The Bertz CT molecular complexity index is 953. The smallest absolute Gasteiger partial charge is 0.295 e. The summed E-state index contributed by atoms with van der Waals surface area (Å²) in [5, 5.41) is 13.3. The van der Waals surface area contributed by atoms with Gasteiger partial charge in [-0.05, 0) is 41.3 Å². The van der Waals surface area contributed by atoms with Crippen molar-refractivity contribution in [2.24, 2.45) is 5.92 Å². The number of aromatic nitrogens is 1. The van der Waals surface area contributed by atoms with Crippen LogP contribution in [0.1, 0.15) is 31.0 Å². The highest BCUT2D eigenvalue weighted by atomic mass is 16.5. The fraction of sp³-hybridized carbons (Fsp3) is 0.375. The standard InChI is InChI=1S/C24H29N3O4/c1-16(2)15-31-19-7-5-18(6-8-19)22(28)20-21(17-9-11-25-12-10-17)27(14-13-26(3)4)24(30)23(20)29/h5-12,16,21,28H,13-15H2,1-4H3. The number of quaternary nitrogens is 1. The number of likely N-dealkylation sites (tertiary alicyclic amines) is 1. The van der Waals surface area contributed by atoms with E-state index in [2.05, 4.69) is 18.8 Å². The number of nitrogens with zero attached hydrogens (tertiary/aromatic N) is 2. The van der Waals surface area contributed by atoms with Gasteiger partial charge in [-0.15, -0.1) is 0 Å². The molecule has 1 fully saturated rings. The van der Waals surface area contributed by atoms with E-state index in [1.807, 2.05) is 14.1 Å². The van der Waals surface area contributed by atoms with Gasteiger partial charge in [-0.2, -0.15) is 0 Å². The van der Waals surface area contributed by atoms with Crippen LogP contribution in [-0.2, 0) is 9.59 Å². The largest absolute Gasteiger partial charge is 0.872 e. The van der Waals surface area contributed by atoms with Crippen molar-refractivity contribution < 1.29 is 24.3 Å². The van der Waals surface area contributed by atoms with Crippen LogP contribution in [-0.4, -0.2) is 55.4 Å². The van der Waals surface area contributed by atoms with Gasteiger partial charge in [-0.3, -0.25) is 14.6 Å². The zero-order valence-electron chi connectivity index (χ0n) is 18.4. The molecule has 1 amide bonds. The lowest BCUT2D eigenvalue weighted by Gasteiger charge is -2.27. The van der Waals surface area contributed by atoms with Crippen molar-refractivity contribution in [3.63, 3.8) is 0 Å². The number of carbonyl (C=O) groups excluding carboxylic acids is 2. The molecule has 0 radical (unpaired) electrons. The molecular weight excluding hydrogens is 394 g/mol. The Kier molecular flexibility index (Phi) is 7.07. The van der Waals surface area contributed by atoms with Crippen molar-refractivity contribution in [1.29, 1.82) is 0 Å². The minimum Gasteiger partial charge on any atom is -0.872 e. The molecule has 164 valence electrons. The molecule has 2 heterocycles. The average Bonchev–Trinajstić information content (AvgIpc) is 3.01. The first-order valence-corrected chi connectivity index (χ1v) is 10.5. The van der Waals surface area contributed by atoms with Crippen molar-refractivity contribution in [3.05, 3.63) is 65.5 Å². The molecule has 1 atom stereocenters. The number of carbonyl (C=O) groups is 2. The third-order valence-electron chi connectivity index (χ3n) is 5.10. The number of benzene rings is 1. The minimum atomic E-state index is -0.735. The molecule has 0 spiro atoms. The number of Topliss-reactive ketones (excluding diaryl/α,β-unsaturated/α-hetero) is 1. The van der Waals surface area contributed by atoms with Crippen LogP contribution in [0.15, 0.2) is 54.4 Å². The molecule has 1 aromatic heterocycles. The lowest BCUT2D eigenvalue weighted by molar-refractivity contribution is -0.857. The van der Waals surface area contributed by atoms with Crippen molar-refractivity contribution in [2.75, 3.05) is 33.8 Å².